The summed E-state index contributed by atoms with van der Waals surface area (Å²) in [5, 5.41) is 15.2. The number of methoxy groups -OCH3 is 2. The van der Waals surface area contributed by atoms with Gasteiger partial charge in [-0.1, -0.05) is 38.1 Å². The molecule has 2 N–H and O–H groups in total. The summed E-state index contributed by atoms with van der Waals surface area (Å²) in [6, 6.07) is 15.3. The molecule has 0 aromatic heterocycles. The van der Waals surface area contributed by atoms with Crippen LogP contribution in [0.25, 0.3) is 0 Å². The Morgan fingerprint density at radius 1 is 1.14 bits per heavy atom. The zero-order chi connectivity index (χ0) is 21.2. The molecule has 0 bridgehead atoms. The van der Waals surface area contributed by atoms with Crippen molar-refractivity contribution in [2.45, 2.75) is 26.2 Å². The fraction of sp³-hybridized carbons (Fsp3) is 0.304. The summed E-state index contributed by atoms with van der Waals surface area (Å²) in [7, 11) is 3.19. The molecule has 0 fully saturated rings. The van der Waals surface area contributed by atoms with Crippen molar-refractivity contribution in [2.75, 3.05) is 26.1 Å². The lowest BCUT2D eigenvalue weighted by atomic mass is 10.0. The maximum Gasteiger partial charge on any atom is 0.267 e. The second kappa shape index (κ2) is 10.8. The number of para-hydroxylation sites is 1. The molecule has 0 aliphatic heterocycles. The summed E-state index contributed by atoms with van der Waals surface area (Å²) in [5.74, 6) is 1.18. The fourth-order valence-electron chi connectivity index (χ4n) is 2.88. The van der Waals surface area contributed by atoms with Crippen LogP contribution in [0.2, 0.25) is 0 Å². The van der Waals surface area contributed by atoms with E-state index in [1.165, 1.54) is 6.20 Å². The average Bonchev–Trinajstić information content (AvgIpc) is 2.73. The Labute approximate surface area is 172 Å². The van der Waals surface area contributed by atoms with Crippen molar-refractivity contribution in [1.82, 2.24) is 5.32 Å². The van der Waals surface area contributed by atoms with Crippen molar-refractivity contribution in [1.29, 1.82) is 5.26 Å². The van der Waals surface area contributed by atoms with Gasteiger partial charge in [-0.25, -0.2) is 0 Å². The van der Waals surface area contributed by atoms with Gasteiger partial charge in [0.25, 0.3) is 5.91 Å². The SMILES string of the molecule is COc1ccc(CCN/C=C(/C#N)C(=O)Nc2ccccc2C(C)C)cc1OC. The lowest BCUT2D eigenvalue weighted by Gasteiger charge is -2.13. The molecule has 2 aromatic rings. The molecule has 0 unspecified atom stereocenters. The van der Waals surface area contributed by atoms with Crippen LogP contribution in [0, 0.1) is 11.3 Å². The van der Waals surface area contributed by atoms with Gasteiger partial charge in [-0.15, -0.1) is 0 Å². The first-order valence-electron chi connectivity index (χ1n) is 9.45. The zero-order valence-electron chi connectivity index (χ0n) is 17.3. The molecule has 152 valence electrons. The van der Waals surface area contributed by atoms with Gasteiger partial charge >= 0.3 is 0 Å². The van der Waals surface area contributed by atoms with Gasteiger partial charge < -0.3 is 20.1 Å². The number of nitrogens with one attached hydrogen (secondary N) is 2. The lowest BCUT2D eigenvalue weighted by molar-refractivity contribution is -0.112. The number of hydrogen-bond donors (Lipinski definition) is 2. The minimum Gasteiger partial charge on any atom is -0.493 e. The van der Waals surface area contributed by atoms with Crippen LogP contribution in [0.3, 0.4) is 0 Å². The van der Waals surface area contributed by atoms with E-state index in [1.54, 1.807) is 14.2 Å². The van der Waals surface area contributed by atoms with Crippen molar-refractivity contribution >= 4 is 11.6 Å². The molecule has 0 heterocycles. The van der Waals surface area contributed by atoms with E-state index in [4.69, 9.17) is 9.47 Å². The van der Waals surface area contributed by atoms with Crippen LogP contribution in [0.5, 0.6) is 11.5 Å². The van der Waals surface area contributed by atoms with E-state index in [-0.39, 0.29) is 11.5 Å². The number of carbonyl (C=O) groups is 1. The molecule has 2 rings (SSSR count). The van der Waals surface area contributed by atoms with Gasteiger partial charge in [0.1, 0.15) is 11.6 Å². The smallest absolute Gasteiger partial charge is 0.267 e. The first-order valence-corrected chi connectivity index (χ1v) is 9.45. The third-order valence-electron chi connectivity index (χ3n) is 4.45. The highest BCUT2D eigenvalue weighted by Crippen LogP contribution is 2.27. The highest BCUT2D eigenvalue weighted by Gasteiger charge is 2.13. The number of rotatable bonds is 9. The van der Waals surface area contributed by atoms with Gasteiger partial charge in [-0.2, -0.15) is 5.26 Å². The number of nitriles is 1. The monoisotopic (exact) mass is 393 g/mol. The molecule has 0 atom stereocenters. The van der Waals surface area contributed by atoms with Gasteiger partial charge in [-0.3, -0.25) is 4.79 Å². The number of ether oxygens (including phenoxy) is 2. The highest BCUT2D eigenvalue weighted by molar-refractivity contribution is 6.06. The van der Waals surface area contributed by atoms with Crippen LogP contribution < -0.4 is 20.1 Å². The number of carbonyl (C=O) groups excluding carboxylic acids is 1. The Kier molecular flexibility index (Phi) is 8.11. The molecule has 0 saturated heterocycles. The van der Waals surface area contributed by atoms with E-state index in [0.29, 0.717) is 24.5 Å². The van der Waals surface area contributed by atoms with Gasteiger partial charge in [0.05, 0.1) is 14.2 Å². The predicted molar refractivity (Wildman–Crippen MR) is 114 cm³/mol. The van der Waals surface area contributed by atoms with Crippen LogP contribution in [-0.4, -0.2) is 26.7 Å². The first kappa shape index (κ1) is 21.8. The Hall–Kier alpha value is -3.46. The van der Waals surface area contributed by atoms with E-state index in [0.717, 1.165) is 16.8 Å². The van der Waals surface area contributed by atoms with E-state index in [9.17, 15) is 10.1 Å². The molecule has 0 spiro atoms. The van der Waals surface area contributed by atoms with Crippen LogP contribution in [0.15, 0.2) is 54.2 Å². The van der Waals surface area contributed by atoms with Gasteiger partial charge in [0, 0.05) is 18.4 Å². The van der Waals surface area contributed by atoms with Crippen molar-refractivity contribution in [3.05, 3.63) is 65.4 Å². The van der Waals surface area contributed by atoms with E-state index in [1.807, 2.05) is 48.5 Å². The van der Waals surface area contributed by atoms with Crippen LogP contribution in [-0.2, 0) is 11.2 Å². The zero-order valence-corrected chi connectivity index (χ0v) is 17.3. The summed E-state index contributed by atoms with van der Waals surface area (Å²) in [5.41, 5.74) is 2.83. The second-order valence-corrected chi connectivity index (χ2v) is 6.76. The topological polar surface area (TPSA) is 83.4 Å². The summed E-state index contributed by atoms with van der Waals surface area (Å²) in [6.45, 7) is 4.68. The molecule has 29 heavy (non-hydrogen) atoms. The maximum absolute atomic E-state index is 12.5. The van der Waals surface area contributed by atoms with Crippen molar-refractivity contribution in [3.8, 4) is 17.6 Å². The molecule has 6 nitrogen and oxygen atoms in total. The average molecular weight is 393 g/mol. The van der Waals surface area contributed by atoms with Crippen molar-refractivity contribution in [2.24, 2.45) is 0 Å². The Bertz CT molecular complexity index is 914. The Morgan fingerprint density at radius 2 is 1.86 bits per heavy atom. The van der Waals surface area contributed by atoms with E-state index >= 15 is 0 Å². The summed E-state index contributed by atoms with van der Waals surface area (Å²) < 4.78 is 10.5. The highest BCUT2D eigenvalue weighted by atomic mass is 16.5. The van der Waals surface area contributed by atoms with Gasteiger partial charge in [0.15, 0.2) is 11.5 Å². The number of benzene rings is 2. The third kappa shape index (κ3) is 6.01. The molecule has 0 aliphatic rings. The van der Waals surface area contributed by atoms with Crippen LogP contribution in [0.4, 0.5) is 5.69 Å². The van der Waals surface area contributed by atoms with Gasteiger partial charge in [-0.05, 0) is 41.7 Å². The summed E-state index contributed by atoms with van der Waals surface area (Å²) >= 11 is 0. The van der Waals surface area contributed by atoms with Crippen molar-refractivity contribution in [3.63, 3.8) is 0 Å². The quantitative estimate of drug-likeness (QED) is 0.382. The largest absolute Gasteiger partial charge is 0.493 e. The van der Waals surface area contributed by atoms with Gasteiger partial charge in [0.2, 0.25) is 0 Å². The molecular weight excluding hydrogens is 366 g/mol. The standard InChI is InChI=1S/C23H27N3O3/c1-16(2)19-7-5-6-8-20(19)26-23(27)18(14-24)15-25-12-11-17-9-10-21(28-3)22(13-17)29-4/h5-10,13,15-16,25H,11-12H2,1-4H3,(H,26,27)/b18-15-. The number of amides is 1. The number of hydrogen-bond acceptors (Lipinski definition) is 5. The summed E-state index contributed by atoms with van der Waals surface area (Å²) in [4.78, 5) is 12.5. The Balaban J connectivity index is 1.97. The molecule has 0 aliphatic carbocycles. The van der Waals surface area contributed by atoms with E-state index in [2.05, 4.69) is 24.5 Å². The van der Waals surface area contributed by atoms with Crippen LogP contribution >= 0.6 is 0 Å². The minimum atomic E-state index is -0.431. The van der Waals surface area contributed by atoms with E-state index < -0.39 is 5.91 Å². The third-order valence-corrected chi connectivity index (χ3v) is 4.45. The Morgan fingerprint density at radius 3 is 2.52 bits per heavy atom. The maximum atomic E-state index is 12.5. The van der Waals surface area contributed by atoms with Crippen molar-refractivity contribution < 1.29 is 14.3 Å². The number of anilines is 1. The summed E-state index contributed by atoms with van der Waals surface area (Å²) in [6.07, 6.45) is 2.15. The number of nitrogens with zero attached hydrogens (tertiary/aromatic N) is 1. The minimum absolute atomic E-state index is 0.0240. The fourth-order valence-corrected chi connectivity index (χ4v) is 2.88. The van der Waals surface area contributed by atoms with Crippen LogP contribution in [0.1, 0.15) is 30.9 Å². The lowest BCUT2D eigenvalue weighted by Crippen LogP contribution is -2.18. The predicted octanol–water partition coefficient (Wildman–Crippen LogP) is 4.01. The second-order valence-electron chi connectivity index (χ2n) is 6.76. The first-order chi connectivity index (χ1) is 14.0. The molecule has 0 radical (unpaired) electrons. The molecule has 0 saturated carbocycles. The molecule has 1 amide bonds. The molecular formula is C23H27N3O3. The normalized spacial score (nSPS) is 11.0. The molecule has 6 heteroatoms. The molecule has 2 aromatic carbocycles.